The van der Waals surface area contributed by atoms with Crippen LogP contribution in [0, 0.1) is 0 Å². The van der Waals surface area contributed by atoms with Gasteiger partial charge < -0.3 is 9.11 Å². The molecule has 0 bridgehead atoms. The molecule has 0 aliphatic rings. The molecule has 0 aliphatic carbocycles. The second-order valence-electron chi connectivity index (χ2n) is 6.09. The van der Waals surface area contributed by atoms with Crippen LogP contribution in [0.3, 0.4) is 0 Å². The van der Waals surface area contributed by atoms with Crippen molar-refractivity contribution < 1.29 is 55.5 Å². The average Bonchev–Trinajstić information content (AvgIpc) is 2.41. The summed E-state index contributed by atoms with van der Waals surface area (Å²) < 4.78 is 62.3. The molecule has 0 spiro atoms. The van der Waals surface area contributed by atoms with Crippen LogP contribution >= 0.6 is 0 Å². The van der Waals surface area contributed by atoms with Gasteiger partial charge in [0.2, 0.25) is 0 Å². The van der Waals surface area contributed by atoms with Gasteiger partial charge in [-0.25, -0.2) is 16.8 Å². The van der Waals surface area contributed by atoms with Gasteiger partial charge in [-0.05, 0) is 6.42 Å². The Hall–Kier alpha value is 0.820. The van der Waals surface area contributed by atoms with Crippen molar-refractivity contribution >= 4 is 20.2 Å². The van der Waals surface area contributed by atoms with Crippen LogP contribution in [0.5, 0.6) is 0 Å². The van der Waals surface area contributed by atoms with Crippen molar-refractivity contribution in [2.24, 2.45) is 0 Å². The van der Waals surface area contributed by atoms with E-state index in [4.69, 9.17) is 0 Å². The van der Waals surface area contributed by atoms with Gasteiger partial charge in [-0.2, -0.15) is 0 Å². The molecule has 6 nitrogen and oxygen atoms in total. The monoisotopic (exact) mass is 393 g/mol. The summed E-state index contributed by atoms with van der Waals surface area (Å²) in [5.41, 5.74) is 0. The molecular formula is C15H30NaO6S2-. The van der Waals surface area contributed by atoms with Gasteiger partial charge in [0, 0.05) is 0 Å². The summed E-state index contributed by atoms with van der Waals surface area (Å²) in [6, 6.07) is 0. The molecule has 0 unspecified atom stereocenters. The Kier molecular flexibility index (Phi) is 16.8. The third-order valence-electron chi connectivity index (χ3n) is 3.94. The third-order valence-corrected chi connectivity index (χ3v) is 7.11. The fraction of sp³-hybridized carbons (Fsp3) is 1.00. The molecule has 0 radical (unpaired) electrons. The summed E-state index contributed by atoms with van der Waals surface area (Å²) in [4.78, 5) is 0. The van der Waals surface area contributed by atoms with Gasteiger partial charge in [-0.15, -0.1) is 0 Å². The molecule has 0 atom stereocenters. The van der Waals surface area contributed by atoms with Crippen LogP contribution < -0.4 is 29.6 Å². The summed E-state index contributed by atoms with van der Waals surface area (Å²) in [5.74, 6) is 0. The number of rotatable bonds is 15. The van der Waals surface area contributed by atoms with Crippen molar-refractivity contribution in [1.82, 2.24) is 0 Å². The quantitative estimate of drug-likeness (QED) is 0.227. The smallest absolute Gasteiger partial charge is 0.747 e. The maximum Gasteiger partial charge on any atom is 1.00 e. The second kappa shape index (κ2) is 14.9. The summed E-state index contributed by atoms with van der Waals surface area (Å²) in [7, 11) is -10.2. The van der Waals surface area contributed by atoms with Crippen LogP contribution in [0.4, 0.5) is 0 Å². The van der Waals surface area contributed by atoms with E-state index in [-0.39, 0.29) is 36.0 Å². The summed E-state index contributed by atoms with van der Waals surface area (Å²) in [5, 5.41) is 0. The topological polar surface area (TPSA) is 114 Å². The van der Waals surface area contributed by atoms with Crippen LogP contribution in [-0.2, 0) is 20.2 Å². The van der Waals surface area contributed by atoms with E-state index >= 15 is 0 Å². The van der Waals surface area contributed by atoms with Crippen molar-refractivity contribution in [3.8, 4) is 0 Å². The summed E-state index contributed by atoms with van der Waals surface area (Å²) in [6.45, 7) is 2.20. The van der Waals surface area contributed by atoms with E-state index in [2.05, 4.69) is 6.92 Å². The maximum atomic E-state index is 10.8. The van der Waals surface area contributed by atoms with Crippen LogP contribution in [0.1, 0.15) is 90.4 Å². The Morgan fingerprint density at radius 3 is 1.21 bits per heavy atom. The van der Waals surface area contributed by atoms with Crippen LogP contribution in [0.25, 0.3) is 0 Å². The summed E-state index contributed by atoms with van der Waals surface area (Å²) >= 11 is 0. The van der Waals surface area contributed by atoms with Gasteiger partial charge in [-0.1, -0.05) is 84.0 Å². The molecule has 0 aromatic rings. The first kappa shape index (κ1) is 27.0. The number of hydrogen-bond acceptors (Lipinski definition) is 6. The molecule has 0 saturated heterocycles. The van der Waals surface area contributed by atoms with E-state index in [1.54, 1.807) is 0 Å². The Morgan fingerprint density at radius 1 is 0.625 bits per heavy atom. The van der Waals surface area contributed by atoms with E-state index in [1.807, 2.05) is 0 Å². The van der Waals surface area contributed by atoms with Crippen molar-refractivity contribution in [3.05, 3.63) is 0 Å². The van der Waals surface area contributed by atoms with Crippen molar-refractivity contribution in [2.75, 3.05) is 0 Å². The molecule has 0 fully saturated rings. The zero-order valence-corrected chi connectivity index (χ0v) is 18.7. The normalized spacial score (nSPS) is 12.3. The zero-order valence-electron chi connectivity index (χ0n) is 15.0. The van der Waals surface area contributed by atoms with E-state index < -0.39 is 31.2 Å². The first-order valence-electron chi connectivity index (χ1n) is 8.59. The van der Waals surface area contributed by atoms with Gasteiger partial charge in [0.15, 0.2) is 0 Å². The fourth-order valence-electron chi connectivity index (χ4n) is 2.59. The van der Waals surface area contributed by atoms with Gasteiger partial charge in [0.1, 0.15) is 24.8 Å². The van der Waals surface area contributed by atoms with Gasteiger partial charge in [0.25, 0.3) is 0 Å². The molecule has 9 heteroatoms. The minimum Gasteiger partial charge on any atom is -0.747 e. The molecule has 24 heavy (non-hydrogen) atoms. The first-order chi connectivity index (χ1) is 10.7. The molecule has 0 aromatic heterocycles. The van der Waals surface area contributed by atoms with Crippen LogP contribution in [-0.4, -0.2) is 30.5 Å². The minimum absolute atomic E-state index is 0. The first-order valence-corrected chi connectivity index (χ1v) is 11.5. The van der Waals surface area contributed by atoms with E-state index in [1.165, 1.54) is 44.9 Å². The van der Waals surface area contributed by atoms with Crippen molar-refractivity contribution in [3.63, 3.8) is 0 Å². The van der Waals surface area contributed by atoms with Crippen LogP contribution in [0.15, 0.2) is 0 Å². The third kappa shape index (κ3) is 15.1. The molecule has 0 amide bonds. The van der Waals surface area contributed by atoms with Gasteiger partial charge in [-0.3, -0.25) is 0 Å². The standard InChI is InChI=1S/C15H32O6S2.Na/c1-2-3-4-5-6-7-8-9-10-11-12-13-14-15(22(16,17)18)23(19,20)21;/h15H,2-14H2,1H3,(H,16,17,18)(H,19,20,21);/q;+1/p-2. The van der Waals surface area contributed by atoms with Gasteiger partial charge in [0.05, 0.1) is 0 Å². The van der Waals surface area contributed by atoms with E-state index in [0.29, 0.717) is 6.42 Å². The van der Waals surface area contributed by atoms with Gasteiger partial charge >= 0.3 is 29.6 Å². The predicted molar refractivity (Wildman–Crippen MR) is 88.9 cm³/mol. The Balaban J connectivity index is 0. The fourth-order valence-corrected chi connectivity index (χ4v) is 4.65. The number of unbranched alkanes of at least 4 members (excludes halogenated alkanes) is 11. The Bertz CT molecular complexity index is 458. The SMILES string of the molecule is CCCCCCCCCCCCCCC(S(=O)(=O)[O-])S(=O)(=O)[O-].[Na+]. The number of hydrogen-bond donors (Lipinski definition) is 0. The van der Waals surface area contributed by atoms with E-state index in [9.17, 15) is 25.9 Å². The zero-order chi connectivity index (χ0) is 17.8. The summed E-state index contributed by atoms with van der Waals surface area (Å²) in [6.07, 6.45) is 12.3. The molecule has 0 N–H and O–H groups in total. The predicted octanol–water partition coefficient (Wildman–Crippen LogP) is 0.498. The molecule has 0 aliphatic heterocycles. The largest absolute Gasteiger partial charge is 1.00 e. The van der Waals surface area contributed by atoms with Crippen molar-refractivity contribution in [1.29, 1.82) is 0 Å². The molecule has 0 saturated carbocycles. The Morgan fingerprint density at radius 2 is 0.917 bits per heavy atom. The molecule has 0 aromatic carbocycles. The van der Waals surface area contributed by atoms with Crippen LogP contribution in [0.2, 0.25) is 0 Å². The molecule has 140 valence electrons. The van der Waals surface area contributed by atoms with E-state index in [0.717, 1.165) is 19.3 Å². The maximum absolute atomic E-state index is 10.8. The second-order valence-corrected chi connectivity index (χ2v) is 9.50. The molecule has 0 rings (SSSR count). The average molecular weight is 394 g/mol. The molecule has 0 heterocycles. The van der Waals surface area contributed by atoms with Crippen molar-refractivity contribution in [2.45, 2.75) is 95.0 Å². The minimum atomic E-state index is -5.09. The Labute approximate surface area is 170 Å². The molecular weight excluding hydrogens is 363 g/mol.